The lowest BCUT2D eigenvalue weighted by Crippen LogP contribution is -2.62. The van der Waals surface area contributed by atoms with E-state index in [2.05, 4.69) is 61.2 Å². The molecule has 4 heterocycles. The van der Waals surface area contributed by atoms with E-state index in [9.17, 15) is 24.3 Å². The minimum absolute atomic E-state index is 0.0188. The van der Waals surface area contributed by atoms with Gasteiger partial charge in [-0.1, -0.05) is 46.8 Å². The van der Waals surface area contributed by atoms with Crippen LogP contribution in [0.25, 0.3) is 33.3 Å². The second-order valence-corrected chi connectivity index (χ2v) is 18.9. The molecule has 0 radical (unpaired) electrons. The first-order valence-corrected chi connectivity index (χ1v) is 22.3. The lowest BCUT2D eigenvalue weighted by molar-refractivity contribution is -0.155. The van der Waals surface area contributed by atoms with Crippen molar-refractivity contribution >= 4 is 34.6 Å². The number of aromatic nitrogens is 2. The number of methoxy groups -OCH3 is 1. The molecule has 3 aliphatic rings. The van der Waals surface area contributed by atoms with Gasteiger partial charge in [0.15, 0.2) is 0 Å². The van der Waals surface area contributed by atoms with Crippen LogP contribution in [0.15, 0.2) is 54.7 Å². The molecule has 332 valence electrons. The summed E-state index contributed by atoms with van der Waals surface area (Å²) >= 11 is 0. The summed E-state index contributed by atoms with van der Waals surface area (Å²) < 4.78 is 14.2. The molecule has 1 saturated carbocycles. The molecular formula is C49H64N6O7. The summed E-state index contributed by atoms with van der Waals surface area (Å²) in [5.74, 6) is -1.27. The van der Waals surface area contributed by atoms with E-state index >= 15 is 0 Å². The Morgan fingerprint density at radius 3 is 2.55 bits per heavy atom. The van der Waals surface area contributed by atoms with Gasteiger partial charge in [-0.2, -0.15) is 0 Å². The minimum Gasteiger partial charge on any atom is -0.508 e. The van der Waals surface area contributed by atoms with E-state index in [4.69, 9.17) is 14.5 Å². The summed E-state index contributed by atoms with van der Waals surface area (Å²) in [6, 6.07) is 12.9. The second kappa shape index (κ2) is 18.2. The summed E-state index contributed by atoms with van der Waals surface area (Å²) in [5.41, 5.74) is 9.76. The Hall–Kier alpha value is -5.27. The van der Waals surface area contributed by atoms with Crippen LogP contribution in [0.4, 0.5) is 0 Å². The number of pyridine rings is 1. The number of amides is 3. The van der Waals surface area contributed by atoms with Gasteiger partial charge in [-0.25, -0.2) is 5.43 Å². The number of ether oxygens (including phenoxy) is 2. The number of phenols is 1. The van der Waals surface area contributed by atoms with Gasteiger partial charge < -0.3 is 29.4 Å². The van der Waals surface area contributed by atoms with Gasteiger partial charge in [0.05, 0.1) is 24.1 Å². The molecule has 7 rings (SSSR count). The van der Waals surface area contributed by atoms with E-state index in [1.165, 1.54) is 9.91 Å². The number of fused-ring (bicyclic) bond motifs is 6. The summed E-state index contributed by atoms with van der Waals surface area (Å²) in [6.45, 7) is 15.3. The van der Waals surface area contributed by atoms with Crippen molar-refractivity contribution in [2.45, 2.75) is 118 Å². The molecule has 6 bridgehead atoms. The molecule has 62 heavy (non-hydrogen) atoms. The maximum absolute atomic E-state index is 14.6. The van der Waals surface area contributed by atoms with Gasteiger partial charge in [0, 0.05) is 67.7 Å². The number of hydrogen-bond acceptors (Lipinski definition) is 9. The third-order valence-corrected chi connectivity index (χ3v) is 13.1. The van der Waals surface area contributed by atoms with Gasteiger partial charge in [-0.05, 0) is 116 Å². The van der Waals surface area contributed by atoms with E-state index in [1.807, 2.05) is 39.0 Å². The van der Waals surface area contributed by atoms with Crippen LogP contribution in [-0.4, -0.2) is 93.7 Å². The molecule has 2 fully saturated rings. The number of rotatable bonds is 9. The van der Waals surface area contributed by atoms with Gasteiger partial charge in [-0.15, -0.1) is 0 Å². The number of cyclic esters (lactones) is 1. The summed E-state index contributed by atoms with van der Waals surface area (Å²) in [5, 5.41) is 16.7. The fourth-order valence-electron chi connectivity index (χ4n) is 9.78. The van der Waals surface area contributed by atoms with Crippen LogP contribution in [0.1, 0.15) is 97.1 Å². The first-order chi connectivity index (χ1) is 29.5. The number of hydrazine groups is 1. The number of aromatic hydroxyl groups is 1. The molecule has 13 nitrogen and oxygen atoms in total. The van der Waals surface area contributed by atoms with Gasteiger partial charge in [0.2, 0.25) is 11.8 Å². The Kier molecular flexibility index (Phi) is 13.2. The number of aryl methyl sites for hydroxylation is 1. The number of benzene rings is 2. The van der Waals surface area contributed by atoms with Crippen LogP contribution >= 0.6 is 0 Å². The SMILES string of the molecule is CCn1c(-c2cccnc2[C@H](C)OC)c2c3cc(ccc31)-c1cc(O)cc(c1)C[C@H](NC(=O)C(C(C)C)N(C)C(=O)C1CC(C)C1)C(=O)N1CCC[C@H](N1)C(=O)OCC(C)(C)C2. The maximum atomic E-state index is 14.6. The lowest BCUT2D eigenvalue weighted by atomic mass is 9.75. The van der Waals surface area contributed by atoms with Crippen molar-refractivity contribution in [2.75, 3.05) is 27.3 Å². The molecule has 2 aromatic carbocycles. The molecule has 0 spiro atoms. The molecule has 2 aromatic heterocycles. The number of nitrogens with one attached hydrogen (secondary N) is 2. The quantitative estimate of drug-likeness (QED) is 0.151. The standard InChI is InChI=1S/C49H64N6O7/c1-10-54-41-16-15-32-25-37(41)38(44(54)36-13-11-17-50-42(36)30(5)61-9)26-49(6,7)27-62-48(60)39-14-12-18-55(52-39)47(59)40(23-31-21-33(32)24-35(56)22-31)51-45(57)43(28(2)3)53(8)46(58)34-19-29(4)20-34/h11,13,15-17,21-22,24-25,28-30,34,39-40,43,52,56H,10,12,14,18-20,23,26-27H2,1-9H3,(H,51,57)/t29?,30-,34?,39-,40-,43?/m0/s1. The fourth-order valence-corrected chi connectivity index (χ4v) is 9.78. The van der Waals surface area contributed by atoms with Gasteiger partial charge in [0.25, 0.3) is 5.91 Å². The molecule has 1 saturated heterocycles. The van der Waals surface area contributed by atoms with Crippen molar-refractivity contribution < 1.29 is 33.8 Å². The second-order valence-electron chi connectivity index (χ2n) is 18.9. The average Bonchev–Trinajstić information content (AvgIpc) is 3.54. The van der Waals surface area contributed by atoms with Crippen LogP contribution in [-0.2, 0) is 48.0 Å². The average molecular weight is 849 g/mol. The third kappa shape index (κ3) is 9.11. The summed E-state index contributed by atoms with van der Waals surface area (Å²) in [6.07, 6.45) is 4.71. The third-order valence-electron chi connectivity index (χ3n) is 13.1. The van der Waals surface area contributed by atoms with Crippen molar-refractivity contribution in [3.63, 3.8) is 0 Å². The predicted molar refractivity (Wildman–Crippen MR) is 239 cm³/mol. The smallest absolute Gasteiger partial charge is 0.324 e. The highest BCUT2D eigenvalue weighted by Gasteiger charge is 2.41. The largest absolute Gasteiger partial charge is 0.508 e. The molecular weight excluding hydrogens is 785 g/mol. The monoisotopic (exact) mass is 848 g/mol. The maximum Gasteiger partial charge on any atom is 0.324 e. The number of likely N-dealkylation sites (N-methyl/N-ethyl adjacent to an activating group) is 1. The van der Waals surface area contributed by atoms with Crippen molar-refractivity contribution in [3.05, 3.63) is 71.5 Å². The number of esters is 1. The van der Waals surface area contributed by atoms with E-state index < -0.39 is 41.3 Å². The van der Waals surface area contributed by atoms with E-state index in [0.717, 1.165) is 57.4 Å². The zero-order valence-electron chi connectivity index (χ0n) is 37.8. The van der Waals surface area contributed by atoms with Crippen LogP contribution in [0.2, 0.25) is 0 Å². The highest BCUT2D eigenvalue weighted by Crippen LogP contribution is 2.42. The molecule has 4 aromatic rings. The Balaban J connectivity index is 1.34. The first-order valence-electron chi connectivity index (χ1n) is 22.3. The molecule has 2 aliphatic heterocycles. The van der Waals surface area contributed by atoms with Crippen molar-refractivity contribution in [1.82, 2.24) is 30.2 Å². The Morgan fingerprint density at radius 2 is 1.85 bits per heavy atom. The molecule has 13 heteroatoms. The Bertz CT molecular complexity index is 2330. The van der Waals surface area contributed by atoms with Gasteiger partial charge in [-0.3, -0.25) is 29.2 Å². The highest BCUT2D eigenvalue weighted by molar-refractivity contribution is 5.96. The van der Waals surface area contributed by atoms with E-state index in [0.29, 0.717) is 43.8 Å². The molecule has 3 N–H and O–H groups in total. The van der Waals surface area contributed by atoms with Gasteiger partial charge in [0.1, 0.15) is 23.9 Å². The highest BCUT2D eigenvalue weighted by atomic mass is 16.5. The van der Waals surface area contributed by atoms with Crippen LogP contribution in [0, 0.1) is 23.2 Å². The van der Waals surface area contributed by atoms with E-state index in [-0.39, 0.29) is 42.6 Å². The first kappa shape index (κ1) is 44.8. The number of carbonyl (C=O) groups excluding carboxylic acids is 4. The van der Waals surface area contributed by atoms with Crippen LogP contribution in [0.3, 0.4) is 0 Å². The zero-order chi connectivity index (χ0) is 44.6. The normalized spacial score (nSPS) is 22.6. The number of nitrogens with zero attached hydrogens (tertiary/aromatic N) is 4. The van der Waals surface area contributed by atoms with Gasteiger partial charge >= 0.3 is 5.97 Å². The Labute approximate surface area is 365 Å². The summed E-state index contributed by atoms with van der Waals surface area (Å²) in [7, 11) is 3.35. The van der Waals surface area contributed by atoms with Crippen molar-refractivity contribution in [1.29, 1.82) is 0 Å². The van der Waals surface area contributed by atoms with Crippen LogP contribution in [0.5, 0.6) is 5.75 Å². The minimum atomic E-state index is -1.09. The number of hydrogen-bond donors (Lipinski definition) is 3. The molecule has 3 amide bonds. The molecule has 1 aliphatic carbocycles. The lowest BCUT2D eigenvalue weighted by Gasteiger charge is -2.39. The fraction of sp³-hybridized carbons (Fsp3) is 0.531. The van der Waals surface area contributed by atoms with Crippen molar-refractivity contribution in [2.24, 2.45) is 23.2 Å². The van der Waals surface area contributed by atoms with E-state index in [1.54, 1.807) is 32.5 Å². The molecule has 1 unspecified atom stereocenters. The Morgan fingerprint density at radius 1 is 1.10 bits per heavy atom. The zero-order valence-corrected chi connectivity index (χ0v) is 37.8. The summed E-state index contributed by atoms with van der Waals surface area (Å²) in [4.78, 5) is 62.7. The number of carbonyl (C=O) groups is 4. The molecule has 4 atom stereocenters. The topological polar surface area (TPSA) is 155 Å². The van der Waals surface area contributed by atoms with Crippen LogP contribution < -0.4 is 10.7 Å². The number of phenolic OH excluding ortho intramolecular Hbond substituents is 1. The van der Waals surface area contributed by atoms with Crippen molar-refractivity contribution in [3.8, 4) is 28.1 Å². The predicted octanol–water partition coefficient (Wildman–Crippen LogP) is 6.98.